The minimum absolute atomic E-state index is 0.166. The van der Waals surface area contributed by atoms with Crippen molar-refractivity contribution in [2.45, 2.75) is 46.1 Å². The van der Waals surface area contributed by atoms with Crippen LogP contribution >= 0.6 is 0 Å². The van der Waals surface area contributed by atoms with E-state index in [4.69, 9.17) is 14.8 Å². The van der Waals surface area contributed by atoms with Crippen LogP contribution in [0.5, 0.6) is 5.75 Å². The number of hydrogen-bond acceptors (Lipinski definition) is 5. The lowest BCUT2D eigenvalue weighted by Gasteiger charge is -2.32. The number of allylic oxidation sites excluding steroid dienone is 2. The summed E-state index contributed by atoms with van der Waals surface area (Å²) in [4.78, 5) is 17.9. The number of Topliss-reactive ketones (excluding diaryl/α,β-unsaturated/α-hetero) is 1. The molecule has 158 valence electrons. The number of aromatic nitrogens is 3. The van der Waals surface area contributed by atoms with Gasteiger partial charge in [0, 0.05) is 28.8 Å². The largest absolute Gasteiger partial charge is 0.494 e. The van der Waals surface area contributed by atoms with Crippen LogP contribution in [0.25, 0.3) is 11.4 Å². The first-order chi connectivity index (χ1) is 15.1. The molecule has 0 radical (unpaired) electrons. The minimum atomic E-state index is -0.352. The number of hydrogen-bond donors (Lipinski definition) is 1. The summed E-state index contributed by atoms with van der Waals surface area (Å²) in [5, 5.41) is 8.28. The smallest absolute Gasteiger partial charge is 0.226 e. The third-order valence-electron chi connectivity index (χ3n) is 6.15. The van der Waals surface area contributed by atoms with Crippen molar-refractivity contribution in [3.8, 4) is 17.1 Å². The summed E-state index contributed by atoms with van der Waals surface area (Å²) in [5.74, 6) is 2.25. The second-order valence-electron chi connectivity index (χ2n) is 8.17. The molecule has 1 aliphatic carbocycles. The molecule has 0 saturated heterocycles. The molecule has 2 aromatic carbocycles. The molecule has 0 saturated carbocycles. The molecule has 0 spiro atoms. The summed E-state index contributed by atoms with van der Waals surface area (Å²) in [7, 11) is 0. The first-order valence-corrected chi connectivity index (χ1v) is 10.9. The summed E-state index contributed by atoms with van der Waals surface area (Å²) in [5.41, 5.74) is 6.07. The number of benzene rings is 2. The van der Waals surface area contributed by atoms with Crippen molar-refractivity contribution < 1.29 is 9.53 Å². The predicted octanol–water partition coefficient (Wildman–Crippen LogP) is 4.98. The molecule has 1 aromatic heterocycles. The Morgan fingerprint density at radius 3 is 2.77 bits per heavy atom. The zero-order chi connectivity index (χ0) is 21.5. The molecule has 2 heterocycles. The molecule has 1 unspecified atom stereocenters. The number of aryl methyl sites for hydroxylation is 2. The maximum Gasteiger partial charge on any atom is 0.226 e. The van der Waals surface area contributed by atoms with Crippen molar-refractivity contribution in [2.75, 3.05) is 11.9 Å². The Kier molecular flexibility index (Phi) is 4.85. The highest BCUT2D eigenvalue weighted by molar-refractivity contribution is 5.99. The van der Waals surface area contributed by atoms with Crippen LogP contribution in [0.15, 0.2) is 53.7 Å². The molecule has 6 heteroatoms. The first-order valence-electron chi connectivity index (χ1n) is 10.9. The average Bonchev–Trinajstić information content (AvgIpc) is 3.19. The van der Waals surface area contributed by atoms with Crippen LogP contribution < -0.4 is 10.1 Å². The molecule has 0 bridgehead atoms. The minimum Gasteiger partial charge on any atom is -0.494 e. The van der Waals surface area contributed by atoms with Crippen molar-refractivity contribution in [1.29, 1.82) is 0 Å². The van der Waals surface area contributed by atoms with Crippen molar-refractivity contribution in [3.05, 3.63) is 70.4 Å². The number of ketones is 1. The van der Waals surface area contributed by atoms with E-state index >= 15 is 0 Å². The van der Waals surface area contributed by atoms with Crippen LogP contribution in [-0.2, 0) is 4.79 Å². The molecular formula is C25H26N4O2. The van der Waals surface area contributed by atoms with Gasteiger partial charge in [0.15, 0.2) is 11.6 Å². The lowest BCUT2D eigenvalue weighted by molar-refractivity contribution is -0.116. The summed E-state index contributed by atoms with van der Waals surface area (Å²) in [6, 6.07) is 13.8. The molecule has 0 fully saturated rings. The third kappa shape index (κ3) is 3.32. The predicted molar refractivity (Wildman–Crippen MR) is 120 cm³/mol. The van der Waals surface area contributed by atoms with Gasteiger partial charge in [-0.3, -0.25) is 4.79 Å². The molecule has 31 heavy (non-hydrogen) atoms. The maximum atomic E-state index is 13.0. The maximum absolute atomic E-state index is 13.0. The molecule has 5 rings (SSSR count). The second-order valence-corrected chi connectivity index (χ2v) is 8.17. The van der Waals surface area contributed by atoms with Crippen molar-refractivity contribution in [1.82, 2.24) is 14.8 Å². The number of nitrogens with zero attached hydrogens (tertiary/aromatic N) is 3. The molecular weight excluding hydrogens is 388 g/mol. The van der Waals surface area contributed by atoms with E-state index in [2.05, 4.69) is 31.3 Å². The summed E-state index contributed by atoms with van der Waals surface area (Å²) < 4.78 is 7.78. The molecule has 1 aliphatic heterocycles. The van der Waals surface area contributed by atoms with Crippen molar-refractivity contribution in [3.63, 3.8) is 0 Å². The Morgan fingerprint density at radius 2 is 1.97 bits per heavy atom. The summed E-state index contributed by atoms with van der Waals surface area (Å²) >= 11 is 0. The van der Waals surface area contributed by atoms with Gasteiger partial charge in [-0.25, -0.2) is 4.68 Å². The normalized spacial score (nSPS) is 17.8. The standard InChI is InChI=1S/C25H26N4O2/c1-4-31-21-11-6-5-8-18(21)23-22-19(9-7-10-20(22)30)26-25-27-24(28-29(23)25)17-13-12-15(2)16(3)14-17/h5-6,8,11-14,23H,4,7,9-10H2,1-3H3,(H,26,27,28). The Hall–Kier alpha value is -3.41. The Morgan fingerprint density at radius 1 is 1.13 bits per heavy atom. The molecule has 3 aromatic rings. The van der Waals surface area contributed by atoms with Crippen LogP contribution in [0, 0.1) is 13.8 Å². The van der Waals surface area contributed by atoms with E-state index in [1.54, 1.807) is 0 Å². The monoisotopic (exact) mass is 414 g/mol. The zero-order valence-corrected chi connectivity index (χ0v) is 18.1. The molecule has 6 nitrogen and oxygen atoms in total. The SMILES string of the molecule is CCOc1ccccc1C1C2=C(CCCC2=O)Nc2nc(-c3ccc(C)c(C)c3)nn21. The van der Waals surface area contributed by atoms with E-state index in [9.17, 15) is 4.79 Å². The number of para-hydroxylation sites is 1. The number of ether oxygens (including phenoxy) is 1. The van der Waals surface area contributed by atoms with Crippen molar-refractivity contribution in [2.24, 2.45) is 0 Å². The fraction of sp³-hybridized carbons (Fsp3) is 0.320. The van der Waals surface area contributed by atoms with E-state index < -0.39 is 0 Å². The molecule has 1 atom stereocenters. The van der Waals surface area contributed by atoms with Gasteiger partial charge in [-0.2, -0.15) is 4.98 Å². The van der Waals surface area contributed by atoms with Gasteiger partial charge >= 0.3 is 0 Å². The lowest BCUT2D eigenvalue weighted by atomic mass is 9.85. The fourth-order valence-electron chi connectivity index (χ4n) is 4.44. The molecule has 1 N–H and O–H groups in total. The number of fused-ring (bicyclic) bond motifs is 1. The van der Waals surface area contributed by atoms with Crippen LogP contribution in [0.4, 0.5) is 5.95 Å². The number of rotatable bonds is 4. The number of nitrogens with one attached hydrogen (secondary N) is 1. The van der Waals surface area contributed by atoms with Crippen LogP contribution in [-0.4, -0.2) is 27.2 Å². The average molecular weight is 415 g/mol. The second kappa shape index (κ2) is 7.69. The Labute approximate surface area is 182 Å². The van der Waals surface area contributed by atoms with E-state index in [0.29, 0.717) is 24.8 Å². The van der Waals surface area contributed by atoms with Crippen LogP contribution in [0.1, 0.15) is 48.9 Å². The number of carbonyl (C=O) groups is 1. The zero-order valence-electron chi connectivity index (χ0n) is 18.1. The first kappa shape index (κ1) is 19.5. The van der Waals surface area contributed by atoms with Gasteiger partial charge in [0.1, 0.15) is 11.8 Å². The van der Waals surface area contributed by atoms with Gasteiger partial charge in [0.25, 0.3) is 0 Å². The molecule has 2 aliphatic rings. The van der Waals surface area contributed by atoms with Gasteiger partial charge in [0.05, 0.1) is 6.61 Å². The summed E-state index contributed by atoms with van der Waals surface area (Å²) in [6.45, 7) is 6.71. The summed E-state index contributed by atoms with van der Waals surface area (Å²) in [6.07, 6.45) is 2.24. The Bertz CT molecular complexity index is 1210. The van der Waals surface area contributed by atoms with Gasteiger partial charge in [0.2, 0.25) is 5.95 Å². The third-order valence-corrected chi connectivity index (χ3v) is 6.15. The van der Waals surface area contributed by atoms with Gasteiger partial charge in [-0.15, -0.1) is 5.10 Å². The van der Waals surface area contributed by atoms with Gasteiger partial charge in [-0.1, -0.05) is 30.3 Å². The van der Waals surface area contributed by atoms with E-state index in [-0.39, 0.29) is 11.8 Å². The van der Waals surface area contributed by atoms with Gasteiger partial charge in [-0.05, 0) is 56.9 Å². The van der Waals surface area contributed by atoms with E-state index in [1.807, 2.05) is 41.9 Å². The van der Waals surface area contributed by atoms with E-state index in [1.165, 1.54) is 11.1 Å². The highest BCUT2D eigenvalue weighted by Crippen LogP contribution is 2.43. The van der Waals surface area contributed by atoms with Crippen LogP contribution in [0.3, 0.4) is 0 Å². The fourth-order valence-corrected chi connectivity index (χ4v) is 4.44. The number of carbonyl (C=O) groups excluding carboxylic acids is 1. The Balaban J connectivity index is 1.69. The quantitative estimate of drug-likeness (QED) is 0.652. The van der Waals surface area contributed by atoms with Crippen LogP contribution in [0.2, 0.25) is 0 Å². The van der Waals surface area contributed by atoms with Gasteiger partial charge < -0.3 is 10.1 Å². The number of anilines is 1. The highest BCUT2D eigenvalue weighted by Gasteiger charge is 2.38. The lowest BCUT2D eigenvalue weighted by Crippen LogP contribution is -2.31. The van der Waals surface area contributed by atoms with Crippen molar-refractivity contribution >= 4 is 11.7 Å². The topological polar surface area (TPSA) is 69.0 Å². The highest BCUT2D eigenvalue weighted by atomic mass is 16.5. The molecule has 0 amide bonds. The van der Waals surface area contributed by atoms with E-state index in [0.717, 1.165) is 41.0 Å².